The topological polar surface area (TPSA) is 48.3 Å². The number of aryl methyl sites for hydroxylation is 1. The largest absolute Gasteiger partial charge is 0.493 e. The molecule has 20 heavy (non-hydrogen) atoms. The summed E-state index contributed by atoms with van der Waals surface area (Å²) in [5.74, 6) is 0.473. The Balaban J connectivity index is 2.12. The van der Waals surface area contributed by atoms with Crippen molar-refractivity contribution >= 4 is 5.69 Å². The van der Waals surface area contributed by atoms with E-state index in [9.17, 15) is 4.39 Å². The van der Waals surface area contributed by atoms with Gasteiger partial charge in [-0.1, -0.05) is 0 Å². The van der Waals surface area contributed by atoms with Crippen LogP contribution >= 0.6 is 0 Å². The van der Waals surface area contributed by atoms with Crippen LogP contribution in [0.5, 0.6) is 11.5 Å². The van der Waals surface area contributed by atoms with E-state index in [-0.39, 0.29) is 5.82 Å². The number of aromatic nitrogens is 2. The predicted octanol–water partition coefficient (Wildman–Crippen LogP) is 2.67. The van der Waals surface area contributed by atoms with Gasteiger partial charge in [-0.2, -0.15) is 5.10 Å². The minimum absolute atomic E-state index is 0.367. The molecule has 0 aliphatic rings. The van der Waals surface area contributed by atoms with Crippen LogP contribution in [-0.2, 0) is 13.1 Å². The molecule has 0 amide bonds. The van der Waals surface area contributed by atoms with Crippen molar-refractivity contribution in [1.29, 1.82) is 0 Å². The van der Waals surface area contributed by atoms with Gasteiger partial charge >= 0.3 is 0 Å². The number of hydrogen-bond donors (Lipinski definition) is 1. The van der Waals surface area contributed by atoms with E-state index in [0.29, 0.717) is 23.7 Å². The molecule has 0 saturated heterocycles. The number of anilines is 1. The average Bonchev–Trinajstić information content (AvgIpc) is 2.93. The second kappa shape index (κ2) is 6.27. The van der Waals surface area contributed by atoms with Crippen LogP contribution in [0, 0.1) is 5.82 Å². The van der Waals surface area contributed by atoms with E-state index >= 15 is 0 Å². The summed E-state index contributed by atoms with van der Waals surface area (Å²) in [4.78, 5) is 0. The Morgan fingerprint density at radius 2 is 1.95 bits per heavy atom. The number of nitrogens with zero attached hydrogens (tertiary/aromatic N) is 2. The highest BCUT2D eigenvalue weighted by atomic mass is 19.1. The molecule has 0 aliphatic heterocycles. The van der Waals surface area contributed by atoms with Crippen LogP contribution in [-0.4, -0.2) is 24.0 Å². The maximum absolute atomic E-state index is 13.9. The van der Waals surface area contributed by atoms with Crippen molar-refractivity contribution in [2.24, 2.45) is 0 Å². The first-order chi connectivity index (χ1) is 9.67. The Bertz CT molecular complexity index is 584. The molecule has 0 unspecified atom stereocenters. The van der Waals surface area contributed by atoms with Gasteiger partial charge in [0, 0.05) is 37.0 Å². The maximum Gasteiger partial charge on any atom is 0.163 e. The third-order valence-electron chi connectivity index (χ3n) is 2.97. The maximum atomic E-state index is 13.9. The Labute approximate surface area is 117 Å². The molecule has 2 aromatic rings. The smallest absolute Gasteiger partial charge is 0.163 e. The van der Waals surface area contributed by atoms with Gasteiger partial charge in [0.15, 0.2) is 11.5 Å². The fourth-order valence-corrected chi connectivity index (χ4v) is 1.86. The highest BCUT2D eigenvalue weighted by Gasteiger charge is 2.11. The van der Waals surface area contributed by atoms with E-state index in [4.69, 9.17) is 9.47 Å². The minimum atomic E-state index is -0.384. The number of nitrogens with one attached hydrogen (secondary N) is 1. The highest BCUT2D eigenvalue weighted by Crippen LogP contribution is 2.32. The van der Waals surface area contributed by atoms with Crippen molar-refractivity contribution < 1.29 is 13.9 Å². The van der Waals surface area contributed by atoms with Crippen LogP contribution < -0.4 is 14.8 Å². The standard InChI is InChI=1S/C14H18FN3O2/c1-4-18-9-10(8-17-18)7-16-12-6-14(20-3)13(19-2)5-11(12)15/h5-6,8-9,16H,4,7H2,1-3H3. The Morgan fingerprint density at radius 3 is 2.55 bits per heavy atom. The van der Waals surface area contributed by atoms with Crippen LogP contribution in [0.15, 0.2) is 24.5 Å². The Morgan fingerprint density at radius 1 is 1.25 bits per heavy atom. The normalized spacial score (nSPS) is 10.4. The number of rotatable bonds is 6. The predicted molar refractivity (Wildman–Crippen MR) is 74.7 cm³/mol. The third-order valence-corrected chi connectivity index (χ3v) is 2.97. The molecule has 5 nitrogen and oxygen atoms in total. The van der Waals surface area contributed by atoms with Crippen molar-refractivity contribution in [2.45, 2.75) is 20.0 Å². The first-order valence-corrected chi connectivity index (χ1v) is 6.34. The summed E-state index contributed by atoms with van der Waals surface area (Å²) in [7, 11) is 2.99. The summed E-state index contributed by atoms with van der Waals surface area (Å²) in [5.41, 5.74) is 1.35. The van der Waals surface area contributed by atoms with Crippen LogP contribution in [0.4, 0.5) is 10.1 Å². The van der Waals surface area contributed by atoms with Gasteiger partial charge in [0.25, 0.3) is 0 Å². The molecular weight excluding hydrogens is 261 g/mol. The van der Waals surface area contributed by atoms with Crippen molar-refractivity contribution in [3.8, 4) is 11.5 Å². The summed E-state index contributed by atoms with van der Waals surface area (Å²) in [5, 5.41) is 7.20. The van der Waals surface area contributed by atoms with Gasteiger partial charge < -0.3 is 14.8 Å². The molecule has 0 radical (unpaired) electrons. The molecule has 1 aromatic carbocycles. The van der Waals surface area contributed by atoms with Crippen molar-refractivity contribution in [2.75, 3.05) is 19.5 Å². The fraction of sp³-hybridized carbons (Fsp3) is 0.357. The van der Waals surface area contributed by atoms with Crippen LogP contribution in [0.25, 0.3) is 0 Å². The van der Waals surface area contributed by atoms with E-state index in [1.54, 1.807) is 12.3 Å². The van der Waals surface area contributed by atoms with Crippen LogP contribution in [0.3, 0.4) is 0 Å². The van der Waals surface area contributed by atoms with Gasteiger partial charge in [-0.25, -0.2) is 4.39 Å². The minimum Gasteiger partial charge on any atom is -0.493 e. The SMILES string of the molecule is CCn1cc(CNc2cc(OC)c(OC)cc2F)cn1. The van der Waals surface area contributed by atoms with Gasteiger partial charge in [0.05, 0.1) is 26.1 Å². The Kier molecular flexibility index (Phi) is 4.45. The lowest BCUT2D eigenvalue weighted by molar-refractivity contribution is 0.352. The molecule has 0 aliphatic carbocycles. The van der Waals surface area contributed by atoms with E-state index in [2.05, 4.69) is 10.4 Å². The average molecular weight is 279 g/mol. The van der Waals surface area contributed by atoms with Gasteiger partial charge in [-0.3, -0.25) is 4.68 Å². The molecule has 108 valence electrons. The Hall–Kier alpha value is -2.24. The lowest BCUT2D eigenvalue weighted by Crippen LogP contribution is -2.02. The summed E-state index contributed by atoms with van der Waals surface area (Å²) >= 11 is 0. The summed E-state index contributed by atoms with van der Waals surface area (Å²) in [6.45, 7) is 3.31. The molecule has 1 N–H and O–H groups in total. The number of benzene rings is 1. The second-order valence-corrected chi connectivity index (χ2v) is 4.24. The van der Waals surface area contributed by atoms with Crippen molar-refractivity contribution in [3.05, 3.63) is 35.9 Å². The molecule has 6 heteroatoms. The molecule has 1 heterocycles. The number of halogens is 1. The van der Waals surface area contributed by atoms with Crippen LogP contribution in [0.1, 0.15) is 12.5 Å². The van der Waals surface area contributed by atoms with E-state index in [0.717, 1.165) is 12.1 Å². The molecule has 0 atom stereocenters. The van der Waals surface area contributed by atoms with E-state index < -0.39 is 0 Å². The monoisotopic (exact) mass is 279 g/mol. The van der Waals surface area contributed by atoms with Gasteiger partial charge in [0.1, 0.15) is 5.82 Å². The van der Waals surface area contributed by atoms with Crippen molar-refractivity contribution in [3.63, 3.8) is 0 Å². The van der Waals surface area contributed by atoms with E-state index in [1.165, 1.54) is 20.3 Å². The zero-order valence-electron chi connectivity index (χ0n) is 11.8. The zero-order chi connectivity index (χ0) is 14.5. The molecule has 0 saturated carbocycles. The van der Waals surface area contributed by atoms with Crippen LogP contribution in [0.2, 0.25) is 0 Å². The fourth-order valence-electron chi connectivity index (χ4n) is 1.86. The van der Waals surface area contributed by atoms with Gasteiger partial charge in [-0.05, 0) is 6.92 Å². The first-order valence-electron chi connectivity index (χ1n) is 6.34. The van der Waals surface area contributed by atoms with Gasteiger partial charge in [0.2, 0.25) is 0 Å². The molecule has 2 rings (SSSR count). The number of ether oxygens (including phenoxy) is 2. The molecule has 1 aromatic heterocycles. The molecule has 0 bridgehead atoms. The third kappa shape index (κ3) is 3.01. The van der Waals surface area contributed by atoms with Gasteiger partial charge in [-0.15, -0.1) is 0 Å². The quantitative estimate of drug-likeness (QED) is 0.883. The summed E-state index contributed by atoms with van der Waals surface area (Å²) < 4.78 is 25.9. The molecule has 0 fully saturated rings. The molecule has 0 spiro atoms. The zero-order valence-corrected chi connectivity index (χ0v) is 11.8. The van der Waals surface area contributed by atoms with E-state index in [1.807, 2.05) is 17.8 Å². The lowest BCUT2D eigenvalue weighted by atomic mass is 10.2. The lowest BCUT2D eigenvalue weighted by Gasteiger charge is -2.12. The summed E-state index contributed by atoms with van der Waals surface area (Å²) in [6.07, 6.45) is 3.68. The van der Waals surface area contributed by atoms with Crippen molar-refractivity contribution in [1.82, 2.24) is 9.78 Å². The number of hydrogen-bond acceptors (Lipinski definition) is 4. The second-order valence-electron chi connectivity index (χ2n) is 4.24. The highest BCUT2D eigenvalue weighted by molar-refractivity contribution is 5.56. The first kappa shape index (κ1) is 14.2. The summed E-state index contributed by atoms with van der Waals surface area (Å²) in [6, 6.07) is 2.88. The number of methoxy groups -OCH3 is 2. The molecular formula is C14H18FN3O2.